The third-order valence-corrected chi connectivity index (χ3v) is 4.51. The largest absolute Gasteiger partial charge is 0.508 e. The van der Waals surface area contributed by atoms with E-state index in [1.807, 2.05) is 0 Å². The second-order valence-corrected chi connectivity index (χ2v) is 6.37. The molecule has 0 radical (unpaired) electrons. The summed E-state index contributed by atoms with van der Waals surface area (Å²) in [5, 5.41) is 11.0. The van der Waals surface area contributed by atoms with Crippen molar-refractivity contribution >= 4 is 46.0 Å². The fraction of sp³-hybridized carbons (Fsp3) is 0.158. The standard InChI is InChI=1S/C19H15Cl2NO4/c1-11-15(9-18(24)26-10-20)16-8-14(23)6-7-17(16)22(11)19(25)12-2-4-13(21)5-3-12/h2-8,23H,9-10H2,1H3. The van der Waals surface area contributed by atoms with Crippen LogP contribution in [0.5, 0.6) is 5.75 Å². The highest BCUT2D eigenvalue weighted by Gasteiger charge is 2.22. The highest BCUT2D eigenvalue weighted by Crippen LogP contribution is 2.30. The molecule has 0 unspecified atom stereocenters. The average Bonchev–Trinajstić information content (AvgIpc) is 2.87. The number of phenolic OH excluding ortho intramolecular Hbond substituents is 1. The van der Waals surface area contributed by atoms with Crippen LogP contribution < -0.4 is 0 Å². The number of carbonyl (C=O) groups excluding carboxylic acids is 2. The van der Waals surface area contributed by atoms with Crippen molar-refractivity contribution in [2.45, 2.75) is 13.3 Å². The topological polar surface area (TPSA) is 68.5 Å². The van der Waals surface area contributed by atoms with Crippen molar-refractivity contribution in [2.75, 3.05) is 6.07 Å². The van der Waals surface area contributed by atoms with Crippen molar-refractivity contribution in [1.29, 1.82) is 0 Å². The zero-order valence-corrected chi connectivity index (χ0v) is 15.3. The van der Waals surface area contributed by atoms with Gasteiger partial charge in [-0.2, -0.15) is 0 Å². The quantitative estimate of drug-likeness (QED) is 0.532. The van der Waals surface area contributed by atoms with Crippen molar-refractivity contribution in [2.24, 2.45) is 0 Å². The highest BCUT2D eigenvalue weighted by atomic mass is 35.5. The lowest BCUT2D eigenvalue weighted by atomic mass is 10.1. The van der Waals surface area contributed by atoms with Gasteiger partial charge < -0.3 is 9.84 Å². The van der Waals surface area contributed by atoms with Gasteiger partial charge in [0.2, 0.25) is 0 Å². The van der Waals surface area contributed by atoms with E-state index in [9.17, 15) is 14.7 Å². The number of phenols is 1. The normalized spacial score (nSPS) is 10.9. The molecule has 0 atom stereocenters. The maximum absolute atomic E-state index is 13.0. The number of aromatic hydroxyl groups is 1. The number of halogens is 2. The number of benzene rings is 2. The van der Waals surface area contributed by atoms with Gasteiger partial charge in [-0.25, -0.2) is 0 Å². The number of hydrogen-bond acceptors (Lipinski definition) is 4. The molecule has 0 spiro atoms. The molecule has 1 heterocycles. The van der Waals surface area contributed by atoms with E-state index in [1.54, 1.807) is 37.3 Å². The van der Waals surface area contributed by atoms with Crippen LogP contribution in [0.1, 0.15) is 21.6 Å². The van der Waals surface area contributed by atoms with Crippen LogP contribution in [0, 0.1) is 6.92 Å². The fourth-order valence-corrected chi connectivity index (χ4v) is 3.18. The van der Waals surface area contributed by atoms with E-state index in [4.69, 9.17) is 27.9 Å². The molecule has 0 aliphatic heterocycles. The van der Waals surface area contributed by atoms with Crippen LogP contribution in [0.15, 0.2) is 42.5 Å². The molecule has 2 aromatic carbocycles. The third-order valence-electron chi connectivity index (χ3n) is 4.15. The molecule has 26 heavy (non-hydrogen) atoms. The molecule has 134 valence electrons. The van der Waals surface area contributed by atoms with Gasteiger partial charge in [-0.05, 0) is 55.0 Å². The maximum Gasteiger partial charge on any atom is 0.311 e. The molecule has 0 aliphatic carbocycles. The Morgan fingerprint density at radius 2 is 1.85 bits per heavy atom. The molecule has 7 heteroatoms. The summed E-state index contributed by atoms with van der Waals surface area (Å²) in [6.45, 7) is 1.74. The Labute approximate surface area is 159 Å². The number of rotatable bonds is 4. The third kappa shape index (κ3) is 3.41. The van der Waals surface area contributed by atoms with Gasteiger partial charge in [-0.1, -0.05) is 23.2 Å². The van der Waals surface area contributed by atoms with E-state index in [-0.39, 0.29) is 24.1 Å². The van der Waals surface area contributed by atoms with E-state index in [0.29, 0.717) is 32.7 Å². The van der Waals surface area contributed by atoms with Crippen molar-refractivity contribution in [1.82, 2.24) is 4.57 Å². The number of fused-ring (bicyclic) bond motifs is 1. The molecule has 0 bridgehead atoms. The first kappa shape index (κ1) is 18.3. The van der Waals surface area contributed by atoms with Crippen LogP contribution in [0.2, 0.25) is 5.02 Å². The van der Waals surface area contributed by atoms with E-state index in [1.165, 1.54) is 16.7 Å². The molecule has 5 nitrogen and oxygen atoms in total. The highest BCUT2D eigenvalue weighted by molar-refractivity contribution is 6.30. The molecule has 0 amide bonds. The first-order chi connectivity index (χ1) is 12.4. The Balaban J connectivity index is 2.16. The molecule has 1 N–H and O–H groups in total. The fourth-order valence-electron chi connectivity index (χ4n) is 2.93. The van der Waals surface area contributed by atoms with Gasteiger partial charge in [0, 0.05) is 21.7 Å². The number of alkyl halides is 1. The Morgan fingerprint density at radius 1 is 1.15 bits per heavy atom. The molecule has 0 saturated carbocycles. The van der Waals surface area contributed by atoms with Crippen LogP contribution in [-0.4, -0.2) is 27.6 Å². The lowest BCUT2D eigenvalue weighted by Gasteiger charge is -2.08. The summed E-state index contributed by atoms with van der Waals surface area (Å²) in [6.07, 6.45) is -0.0561. The summed E-state index contributed by atoms with van der Waals surface area (Å²) in [7, 11) is 0. The van der Waals surface area contributed by atoms with Crippen molar-refractivity contribution in [3.8, 4) is 5.75 Å². The minimum Gasteiger partial charge on any atom is -0.508 e. The minimum atomic E-state index is -0.510. The first-order valence-electron chi connectivity index (χ1n) is 7.77. The maximum atomic E-state index is 13.0. The predicted octanol–water partition coefficient (Wildman–Crippen LogP) is 4.28. The number of nitrogens with zero attached hydrogens (tertiary/aromatic N) is 1. The van der Waals surface area contributed by atoms with Crippen molar-refractivity contribution in [3.63, 3.8) is 0 Å². The Hall–Kier alpha value is -2.50. The summed E-state index contributed by atoms with van der Waals surface area (Å²) >= 11 is 11.3. The second-order valence-electron chi connectivity index (χ2n) is 5.72. The SMILES string of the molecule is Cc1c(CC(=O)OCCl)c2cc(O)ccc2n1C(=O)c1ccc(Cl)cc1. The van der Waals surface area contributed by atoms with Crippen LogP contribution in [0.25, 0.3) is 10.9 Å². The lowest BCUT2D eigenvalue weighted by Crippen LogP contribution is -2.14. The first-order valence-corrected chi connectivity index (χ1v) is 8.68. The second kappa shape index (κ2) is 7.40. The van der Waals surface area contributed by atoms with E-state index >= 15 is 0 Å². The Kier molecular flexibility index (Phi) is 5.20. The van der Waals surface area contributed by atoms with Crippen LogP contribution >= 0.6 is 23.2 Å². The zero-order valence-electron chi connectivity index (χ0n) is 13.8. The van der Waals surface area contributed by atoms with Gasteiger partial charge in [-0.15, -0.1) is 0 Å². The summed E-state index contributed by atoms with van der Waals surface area (Å²) in [5.74, 6) is -0.725. The monoisotopic (exact) mass is 391 g/mol. The van der Waals surface area contributed by atoms with Crippen LogP contribution in [-0.2, 0) is 16.0 Å². The summed E-state index contributed by atoms with van der Waals surface area (Å²) in [5.41, 5.74) is 2.25. The summed E-state index contributed by atoms with van der Waals surface area (Å²) in [4.78, 5) is 24.9. The van der Waals surface area contributed by atoms with E-state index in [2.05, 4.69) is 0 Å². The average molecular weight is 392 g/mol. The molecular formula is C19H15Cl2NO4. The van der Waals surface area contributed by atoms with E-state index in [0.717, 1.165) is 0 Å². The van der Waals surface area contributed by atoms with Crippen molar-refractivity contribution in [3.05, 3.63) is 64.3 Å². The van der Waals surface area contributed by atoms with Gasteiger partial charge in [0.25, 0.3) is 5.91 Å². The van der Waals surface area contributed by atoms with E-state index < -0.39 is 5.97 Å². The number of hydrogen-bond donors (Lipinski definition) is 1. The van der Waals surface area contributed by atoms with Crippen LogP contribution in [0.4, 0.5) is 0 Å². The molecular weight excluding hydrogens is 377 g/mol. The Morgan fingerprint density at radius 3 is 2.50 bits per heavy atom. The lowest BCUT2D eigenvalue weighted by molar-refractivity contribution is -0.140. The van der Waals surface area contributed by atoms with Crippen LogP contribution in [0.3, 0.4) is 0 Å². The smallest absolute Gasteiger partial charge is 0.311 e. The van der Waals surface area contributed by atoms with Gasteiger partial charge in [0.05, 0.1) is 11.9 Å². The molecule has 1 aromatic heterocycles. The minimum absolute atomic E-state index is 0.0422. The van der Waals surface area contributed by atoms with Crippen molar-refractivity contribution < 1.29 is 19.4 Å². The molecule has 0 aliphatic rings. The number of carbonyl (C=O) groups is 2. The Bertz CT molecular complexity index is 993. The molecule has 0 saturated heterocycles. The van der Waals surface area contributed by atoms with Gasteiger partial charge in [0.1, 0.15) is 5.75 Å². The van der Waals surface area contributed by atoms with Gasteiger partial charge in [-0.3, -0.25) is 14.2 Å². The summed E-state index contributed by atoms with van der Waals surface area (Å²) in [6, 6.07) is 11.0. The number of aromatic nitrogens is 1. The molecule has 3 rings (SSSR count). The zero-order chi connectivity index (χ0) is 18.8. The number of ether oxygens (including phenoxy) is 1. The van der Waals surface area contributed by atoms with Gasteiger partial charge in [0.15, 0.2) is 6.07 Å². The van der Waals surface area contributed by atoms with Gasteiger partial charge >= 0.3 is 5.97 Å². The molecule has 0 fully saturated rings. The number of esters is 1. The summed E-state index contributed by atoms with van der Waals surface area (Å²) < 4.78 is 6.32. The predicted molar refractivity (Wildman–Crippen MR) is 100 cm³/mol. The molecule has 3 aromatic rings.